The van der Waals surface area contributed by atoms with Crippen molar-refractivity contribution in [3.63, 3.8) is 0 Å². The standard InChI is InChI=1S/C17H21NO2S/c18-13-15-7-9-17(10-8-15)20-11-4-12-21(19)14-16-5-2-1-3-6-16/h1-3,5-10H,4,11-14,18H2. The quantitative estimate of drug-likeness (QED) is 0.763. The van der Waals surface area contributed by atoms with Gasteiger partial charge in [-0.1, -0.05) is 42.5 Å². The van der Waals surface area contributed by atoms with Crippen LogP contribution in [0.15, 0.2) is 54.6 Å². The normalized spacial score (nSPS) is 12.0. The van der Waals surface area contributed by atoms with Crippen LogP contribution in [0, 0.1) is 0 Å². The van der Waals surface area contributed by atoms with E-state index < -0.39 is 10.8 Å². The molecule has 2 aromatic carbocycles. The Morgan fingerprint density at radius 3 is 2.33 bits per heavy atom. The van der Waals surface area contributed by atoms with Crippen molar-refractivity contribution in [1.82, 2.24) is 0 Å². The van der Waals surface area contributed by atoms with Crippen molar-refractivity contribution in [2.24, 2.45) is 5.73 Å². The molecule has 0 aliphatic heterocycles. The van der Waals surface area contributed by atoms with Gasteiger partial charge in [-0.2, -0.15) is 0 Å². The van der Waals surface area contributed by atoms with Gasteiger partial charge in [-0.25, -0.2) is 0 Å². The second-order valence-electron chi connectivity index (χ2n) is 4.82. The van der Waals surface area contributed by atoms with Crippen LogP contribution in [-0.2, 0) is 23.1 Å². The number of ether oxygens (including phenoxy) is 1. The fraction of sp³-hybridized carbons (Fsp3) is 0.294. The van der Waals surface area contributed by atoms with Crippen LogP contribution in [0.1, 0.15) is 17.5 Å². The fourth-order valence-corrected chi connectivity index (χ4v) is 3.11. The molecule has 0 saturated carbocycles. The van der Waals surface area contributed by atoms with Crippen molar-refractivity contribution in [2.75, 3.05) is 12.4 Å². The van der Waals surface area contributed by atoms with Gasteiger partial charge in [0, 0.05) is 28.9 Å². The van der Waals surface area contributed by atoms with Crippen LogP contribution in [0.4, 0.5) is 0 Å². The highest BCUT2D eigenvalue weighted by Gasteiger charge is 2.02. The molecule has 2 N–H and O–H groups in total. The number of hydrogen-bond acceptors (Lipinski definition) is 3. The highest BCUT2D eigenvalue weighted by atomic mass is 32.2. The lowest BCUT2D eigenvalue weighted by Gasteiger charge is -2.07. The molecule has 0 aliphatic rings. The summed E-state index contributed by atoms with van der Waals surface area (Å²) in [6.07, 6.45) is 0.790. The van der Waals surface area contributed by atoms with E-state index in [2.05, 4.69) is 0 Å². The molecule has 3 nitrogen and oxygen atoms in total. The Kier molecular flexibility index (Phi) is 6.44. The summed E-state index contributed by atoms with van der Waals surface area (Å²) in [5, 5.41) is 0. The lowest BCUT2D eigenvalue weighted by atomic mass is 10.2. The maximum atomic E-state index is 11.9. The van der Waals surface area contributed by atoms with Crippen molar-refractivity contribution in [3.8, 4) is 5.75 Å². The second kappa shape index (κ2) is 8.60. The first-order chi connectivity index (χ1) is 10.3. The van der Waals surface area contributed by atoms with Crippen LogP contribution < -0.4 is 10.5 Å². The molecule has 0 radical (unpaired) electrons. The van der Waals surface area contributed by atoms with Crippen molar-refractivity contribution >= 4 is 10.8 Å². The maximum Gasteiger partial charge on any atom is 0.119 e. The summed E-state index contributed by atoms with van der Waals surface area (Å²) in [7, 11) is -0.830. The van der Waals surface area contributed by atoms with E-state index in [1.54, 1.807) is 0 Å². The molecule has 0 spiro atoms. The number of hydrogen-bond donors (Lipinski definition) is 1. The smallest absolute Gasteiger partial charge is 0.119 e. The summed E-state index contributed by atoms with van der Waals surface area (Å²) in [5.41, 5.74) is 7.75. The molecule has 112 valence electrons. The third kappa shape index (κ3) is 5.69. The van der Waals surface area contributed by atoms with Crippen LogP contribution in [0.3, 0.4) is 0 Å². The Bertz CT molecular complexity index is 555. The van der Waals surface area contributed by atoms with E-state index in [4.69, 9.17) is 10.5 Å². The average Bonchev–Trinajstić information content (AvgIpc) is 2.53. The van der Waals surface area contributed by atoms with Gasteiger partial charge in [0.1, 0.15) is 5.75 Å². The van der Waals surface area contributed by atoms with Crippen LogP contribution in [0.25, 0.3) is 0 Å². The average molecular weight is 303 g/mol. The molecule has 21 heavy (non-hydrogen) atoms. The lowest BCUT2D eigenvalue weighted by Crippen LogP contribution is -2.06. The van der Waals surface area contributed by atoms with E-state index >= 15 is 0 Å². The highest BCUT2D eigenvalue weighted by molar-refractivity contribution is 7.84. The largest absolute Gasteiger partial charge is 0.494 e. The predicted octanol–water partition coefficient (Wildman–Crippen LogP) is 2.86. The van der Waals surface area contributed by atoms with Crippen LogP contribution >= 0.6 is 0 Å². The Labute approximate surface area is 128 Å². The summed E-state index contributed by atoms with van der Waals surface area (Å²) in [4.78, 5) is 0. The molecule has 0 saturated heterocycles. The topological polar surface area (TPSA) is 52.3 Å². The first-order valence-corrected chi connectivity index (χ1v) is 8.57. The fourth-order valence-electron chi connectivity index (χ4n) is 1.96. The van der Waals surface area contributed by atoms with Gasteiger partial charge in [-0.3, -0.25) is 4.21 Å². The minimum absolute atomic E-state index is 0.540. The zero-order chi connectivity index (χ0) is 14.9. The molecule has 0 aromatic heterocycles. The number of benzene rings is 2. The molecule has 0 bridgehead atoms. The van der Waals surface area contributed by atoms with Crippen molar-refractivity contribution in [2.45, 2.75) is 18.7 Å². The molecular formula is C17H21NO2S. The van der Waals surface area contributed by atoms with Gasteiger partial charge in [0.25, 0.3) is 0 Å². The molecule has 1 unspecified atom stereocenters. The lowest BCUT2D eigenvalue weighted by molar-refractivity contribution is 0.318. The van der Waals surface area contributed by atoms with E-state index in [1.807, 2.05) is 54.6 Å². The first-order valence-electron chi connectivity index (χ1n) is 7.08. The molecular weight excluding hydrogens is 282 g/mol. The molecule has 2 rings (SSSR count). The maximum absolute atomic E-state index is 11.9. The zero-order valence-electron chi connectivity index (χ0n) is 12.0. The molecule has 2 aromatic rings. The van der Waals surface area contributed by atoms with Gasteiger partial charge in [0.2, 0.25) is 0 Å². The second-order valence-corrected chi connectivity index (χ2v) is 6.40. The van der Waals surface area contributed by atoms with Crippen LogP contribution in [0.5, 0.6) is 5.75 Å². The predicted molar refractivity (Wildman–Crippen MR) is 87.6 cm³/mol. The molecule has 0 fully saturated rings. The summed E-state index contributed by atoms with van der Waals surface area (Å²) < 4.78 is 17.6. The SMILES string of the molecule is NCc1ccc(OCCCS(=O)Cc2ccccc2)cc1. The molecule has 0 amide bonds. The first kappa shape index (κ1) is 15.7. The van der Waals surface area contributed by atoms with E-state index in [0.29, 0.717) is 24.7 Å². The van der Waals surface area contributed by atoms with Gasteiger partial charge in [0.05, 0.1) is 6.61 Å². The summed E-state index contributed by atoms with van der Waals surface area (Å²) >= 11 is 0. The van der Waals surface area contributed by atoms with Crippen molar-refractivity contribution in [1.29, 1.82) is 0 Å². The van der Waals surface area contributed by atoms with Crippen LogP contribution in [0.2, 0.25) is 0 Å². The van der Waals surface area contributed by atoms with Crippen molar-refractivity contribution in [3.05, 3.63) is 65.7 Å². The van der Waals surface area contributed by atoms with Gasteiger partial charge in [0.15, 0.2) is 0 Å². The Hall–Kier alpha value is -1.65. The van der Waals surface area contributed by atoms with E-state index in [9.17, 15) is 4.21 Å². The van der Waals surface area contributed by atoms with Gasteiger partial charge < -0.3 is 10.5 Å². The zero-order valence-corrected chi connectivity index (χ0v) is 12.9. The van der Waals surface area contributed by atoms with E-state index in [-0.39, 0.29) is 0 Å². The molecule has 4 heteroatoms. The highest BCUT2D eigenvalue weighted by Crippen LogP contribution is 2.12. The minimum atomic E-state index is -0.830. The third-order valence-electron chi connectivity index (χ3n) is 3.11. The molecule has 0 aliphatic carbocycles. The Balaban J connectivity index is 1.66. The number of rotatable bonds is 8. The van der Waals surface area contributed by atoms with Crippen LogP contribution in [-0.4, -0.2) is 16.6 Å². The summed E-state index contributed by atoms with van der Waals surface area (Å²) in [6.45, 7) is 1.13. The van der Waals surface area contributed by atoms with E-state index in [1.165, 1.54) is 0 Å². The van der Waals surface area contributed by atoms with E-state index in [0.717, 1.165) is 23.3 Å². The molecule has 0 heterocycles. The Morgan fingerprint density at radius 1 is 0.952 bits per heavy atom. The van der Waals surface area contributed by atoms with Crippen molar-refractivity contribution < 1.29 is 8.95 Å². The minimum Gasteiger partial charge on any atom is -0.494 e. The Morgan fingerprint density at radius 2 is 1.67 bits per heavy atom. The summed E-state index contributed by atoms with van der Waals surface area (Å²) in [6, 6.07) is 17.7. The van der Waals surface area contributed by atoms with Gasteiger partial charge in [-0.05, 0) is 29.7 Å². The monoisotopic (exact) mass is 303 g/mol. The summed E-state index contributed by atoms with van der Waals surface area (Å²) in [5.74, 6) is 2.11. The van der Waals surface area contributed by atoms with Gasteiger partial charge in [-0.15, -0.1) is 0 Å². The number of nitrogens with two attached hydrogens (primary N) is 1. The van der Waals surface area contributed by atoms with Gasteiger partial charge >= 0.3 is 0 Å². The third-order valence-corrected chi connectivity index (χ3v) is 4.51. The molecule has 1 atom stereocenters.